The van der Waals surface area contributed by atoms with Crippen LogP contribution in [-0.4, -0.2) is 23.3 Å². The van der Waals surface area contributed by atoms with E-state index >= 15 is 0 Å². The highest BCUT2D eigenvalue weighted by atomic mass is 16.6. The summed E-state index contributed by atoms with van der Waals surface area (Å²) in [4.78, 5) is 11.7. The number of hydrogen-bond acceptors (Lipinski definition) is 3. The van der Waals surface area contributed by atoms with Gasteiger partial charge in [0.2, 0.25) is 0 Å². The Kier molecular flexibility index (Phi) is 7.08. The molecule has 184 valence electrons. The molecule has 0 saturated heterocycles. The molecular formula is C29H50O3. The molecule has 0 unspecified atom stereocenters. The first-order chi connectivity index (χ1) is 15.1. The van der Waals surface area contributed by atoms with Crippen molar-refractivity contribution in [3.05, 3.63) is 0 Å². The van der Waals surface area contributed by atoms with Crippen molar-refractivity contribution in [3.63, 3.8) is 0 Å². The van der Waals surface area contributed by atoms with Crippen LogP contribution in [0.25, 0.3) is 0 Å². The lowest BCUT2D eigenvalue weighted by Gasteiger charge is -2.62. The van der Waals surface area contributed by atoms with Gasteiger partial charge >= 0.3 is 5.97 Å². The molecule has 0 aliphatic heterocycles. The molecule has 0 amide bonds. The maximum Gasteiger partial charge on any atom is 0.302 e. The van der Waals surface area contributed by atoms with Gasteiger partial charge in [0, 0.05) is 12.3 Å². The van der Waals surface area contributed by atoms with E-state index in [1.807, 2.05) is 0 Å². The maximum absolute atomic E-state index is 11.7. The molecule has 0 bridgehead atoms. The standard InChI is InChI=1S/C29H50O3/c1-18(2)8-7-9-19(3)23-13-14-24-22-12-10-21-11-15-26(32-20(4)30)27(31)29(21,6)25(22)16-17-28(23,24)5/h18-19,21-27,31H,7-17H2,1-6H3/t19-,21+,22-,23-,24+,25+,26-,27+,28+,29-/m1/s1. The summed E-state index contributed by atoms with van der Waals surface area (Å²) in [7, 11) is 0. The fraction of sp³-hybridized carbons (Fsp3) is 0.966. The quantitative estimate of drug-likeness (QED) is 0.446. The number of hydrogen-bond donors (Lipinski definition) is 1. The summed E-state index contributed by atoms with van der Waals surface area (Å²) < 4.78 is 5.62. The Balaban J connectivity index is 1.50. The number of carbonyl (C=O) groups excluding carboxylic acids is 1. The van der Waals surface area contributed by atoms with Crippen LogP contribution in [0.4, 0.5) is 0 Å². The lowest BCUT2D eigenvalue weighted by molar-refractivity contribution is -0.207. The summed E-state index contributed by atoms with van der Waals surface area (Å²) >= 11 is 0. The van der Waals surface area contributed by atoms with Gasteiger partial charge in [-0.3, -0.25) is 4.79 Å². The molecule has 32 heavy (non-hydrogen) atoms. The third kappa shape index (κ3) is 4.07. The minimum Gasteiger partial charge on any atom is -0.460 e. The Bertz CT molecular complexity index is 673. The van der Waals surface area contributed by atoms with E-state index in [1.165, 1.54) is 64.7 Å². The van der Waals surface area contributed by atoms with Gasteiger partial charge in [-0.25, -0.2) is 0 Å². The fourth-order valence-corrected chi connectivity index (χ4v) is 9.67. The number of aliphatic hydroxyl groups excluding tert-OH is 1. The van der Waals surface area contributed by atoms with E-state index in [-0.39, 0.29) is 17.5 Å². The molecule has 0 spiro atoms. The highest BCUT2D eigenvalue weighted by Crippen LogP contribution is 2.68. The van der Waals surface area contributed by atoms with E-state index in [1.54, 1.807) is 0 Å². The highest BCUT2D eigenvalue weighted by molar-refractivity contribution is 5.66. The maximum atomic E-state index is 11.7. The molecule has 0 aromatic heterocycles. The number of ether oxygens (including phenoxy) is 1. The lowest BCUT2D eigenvalue weighted by Crippen LogP contribution is -2.61. The molecule has 10 atom stereocenters. The number of esters is 1. The topological polar surface area (TPSA) is 46.5 Å². The highest BCUT2D eigenvalue weighted by Gasteiger charge is 2.63. The van der Waals surface area contributed by atoms with Crippen LogP contribution < -0.4 is 0 Å². The number of carbonyl (C=O) groups is 1. The van der Waals surface area contributed by atoms with Crippen molar-refractivity contribution in [2.75, 3.05) is 0 Å². The zero-order chi connectivity index (χ0) is 23.3. The summed E-state index contributed by atoms with van der Waals surface area (Å²) in [5, 5.41) is 11.5. The molecule has 3 nitrogen and oxygen atoms in total. The largest absolute Gasteiger partial charge is 0.460 e. The summed E-state index contributed by atoms with van der Waals surface area (Å²) in [6.07, 6.45) is 13.2. The third-order valence-corrected chi connectivity index (χ3v) is 11.3. The zero-order valence-electron chi connectivity index (χ0n) is 21.7. The molecule has 0 aromatic carbocycles. The Labute approximate surface area is 197 Å². The van der Waals surface area contributed by atoms with Gasteiger partial charge in [-0.15, -0.1) is 0 Å². The average Bonchev–Trinajstić information content (AvgIpc) is 3.07. The number of aliphatic hydroxyl groups is 1. The Morgan fingerprint density at radius 3 is 2.38 bits per heavy atom. The van der Waals surface area contributed by atoms with Crippen molar-refractivity contribution in [2.45, 2.75) is 124 Å². The predicted molar refractivity (Wildman–Crippen MR) is 130 cm³/mol. The van der Waals surface area contributed by atoms with Crippen molar-refractivity contribution in [3.8, 4) is 0 Å². The van der Waals surface area contributed by atoms with E-state index in [0.717, 1.165) is 42.4 Å². The van der Waals surface area contributed by atoms with Gasteiger partial charge in [0.05, 0.1) is 6.10 Å². The molecular weight excluding hydrogens is 396 g/mol. The summed E-state index contributed by atoms with van der Waals surface area (Å²) in [5.74, 6) is 5.01. The second-order valence-corrected chi connectivity index (χ2v) is 13.2. The Morgan fingerprint density at radius 2 is 1.69 bits per heavy atom. The average molecular weight is 447 g/mol. The molecule has 0 heterocycles. The predicted octanol–water partition coefficient (Wildman–Crippen LogP) is 7.01. The van der Waals surface area contributed by atoms with Gasteiger partial charge < -0.3 is 9.84 Å². The van der Waals surface area contributed by atoms with Crippen LogP contribution in [-0.2, 0) is 9.53 Å². The van der Waals surface area contributed by atoms with E-state index in [4.69, 9.17) is 4.74 Å². The van der Waals surface area contributed by atoms with E-state index in [0.29, 0.717) is 17.3 Å². The smallest absolute Gasteiger partial charge is 0.302 e. The first-order valence-electron chi connectivity index (χ1n) is 13.9. The lowest BCUT2D eigenvalue weighted by atomic mass is 9.43. The number of rotatable bonds is 6. The van der Waals surface area contributed by atoms with Gasteiger partial charge in [-0.05, 0) is 98.2 Å². The monoisotopic (exact) mass is 446 g/mol. The number of fused-ring (bicyclic) bond motifs is 5. The Hall–Kier alpha value is -0.570. The molecule has 4 rings (SSSR count). The van der Waals surface area contributed by atoms with Gasteiger partial charge in [0.25, 0.3) is 0 Å². The Morgan fingerprint density at radius 1 is 0.969 bits per heavy atom. The molecule has 0 aromatic rings. The van der Waals surface area contributed by atoms with Crippen molar-refractivity contribution in [1.82, 2.24) is 0 Å². The normalized spacial score (nSPS) is 46.8. The fourth-order valence-electron chi connectivity index (χ4n) is 9.67. The van der Waals surface area contributed by atoms with Crippen LogP contribution >= 0.6 is 0 Å². The van der Waals surface area contributed by atoms with Crippen LogP contribution in [0, 0.1) is 52.3 Å². The second-order valence-electron chi connectivity index (χ2n) is 13.2. The minimum atomic E-state index is -0.505. The van der Waals surface area contributed by atoms with Crippen LogP contribution in [0.15, 0.2) is 0 Å². The van der Waals surface area contributed by atoms with Gasteiger partial charge in [0.1, 0.15) is 6.10 Å². The van der Waals surface area contributed by atoms with Crippen LogP contribution in [0.2, 0.25) is 0 Å². The van der Waals surface area contributed by atoms with Crippen LogP contribution in [0.1, 0.15) is 112 Å². The van der Waals surface area contributed by atoms with Crippen LogP contribution in [0.5, 0.6) is 0 Å². The second kappa shape index (κ2) is 9.23. The van der Waals surface area contributed by atoms with Crippen molar-refractivity contribution in [1.29, 1.82) is 0 Å². The minimum absolute atomic E-state index is 0.0937. The molecule has 0 radical (unpaired) electrons. The molecule has 1 N–H and O–H groups in total. The summed E-state index contributed by atoms with van der Waals surface area (Å²) in [5.41, 5.74) is 0.389. The van der Waals surface area contributed by atoms with Crippen molar-refractivity contribution >= 4 is 5.97 Å². The van der Waals surface area contributed by atoms with Gasteiger partial charge in [-0.1, -0.05) is 53.9 Å². The van der Waals surface area contributed by atoms with E-state index in [2.05, 4.69) is 34.6 Å². The van der Waals surface area contributed by atoms with Crippen molar-refractivity contribution in [2.24, 2.45) is 52.3 Å². The SMILES string of the molecule is CC(=O)O[C@@H]1CC[C@@H]2CC[C@@H]3[C@@H]4CC[C@H]([C@H](C)CCCC(C)C)[C@]4(C)CC[C@@H]3[C@]2(C)[C@H]1O. The van der Waals surface area contributed by atoms with Gasteiger partial charge in [-0.2, -0.15) is 0 Å². The van der Waals surface area contributed by atoms with Crippen LogP contribution in [0.3, 0.4) is 0 Å². The van der Waals surface area contributed by atoms with Gasteiger partial charge in [0.15, 0.2) is 0 Å². The molecule has 3 heteroatoms. The first kappa shape index (κ1) is 24.6. The molecule has 4 aliphatic rings. The van der Waals surface area contributed by atoms with E-state index in [9.17, 15) is 9.90 Å². The van der Waals surface area contributed by atoms with Crippen molar-refractivity contribution < 1.29 is 14.6 Å². The molecule has 4 aliphatic carbocycles. The zero-order valence-corrected chi connectivity index (χ0v) is 21.7. The summed E-state index contributed by atoms with van der Waals surface area (Å²) in [6, 6.07) is 0. The summed E-state index contributed by atoms with van der Waals surface area (Å²) in [6.45, 7) is 13.7. The first-order valence-corrected chi connectivity index (χ1v) is 13.9. The van der Waals surface area contributed by atoms with E-state index < -0.39 is 6.10 Å². The molecule has 4 saturated carbocycles. The molecule has 4 fully saturated rings. The third-order valence-electron chi connectivity index (χ3n) is 11.3.